The molecule has 0 radical (unpaired) electrons. The highest BCUT2D eigenvalue weighted by molar-refractivity contribution is 9.11. The molecule has 0 aromatic heterocycles. The molecule has 0 bridgehead atoms. The van der Waals surface area contributed by atoms with Crippen molar-refractivity contribution in [3.8, 4) is 11.5 Å². The molecule has 2 aromatic carbocycles. The van der Waals surface area contributed by atoms with Crippen molar-refractivity contribution in [2.45, 2.75) is 26.2 Å². The summed E-state index contributed by atoms with van der Waals surface area (Å²) >= 11 is 6.45. The number of phenols is 1. The van der Waals surface area contributed by atoms with Gasteiger partial charge in [-0.2, -0.15) is 0 Å². The maximum absolute atomic E-state index is 12.0. The molecule has 128 valence electrons. The average Bonchev–Trinajstić information content (AvgIpc) is 2.50. The van der Waals surface area contributed by atoms with E-state index in [-0.39, 0.29) is 23.7 Å². The molecular formula is C18H19Br2NO3. The number of halogens is 2. The maximum Gasteiger partial charge on any atom is 0.262 e. The van der Waals surface area contributed by atoms with Gasteiger partial charge in [0.05, 0.1) is 8.95 Å². The van der Waals surface area contributed by atoms with E-state index >= 15 is 0 Å². The normalized spacial score (nSPS) is 11.2. The van der Waals surface area contributed by atoms with Gasteiger partial charge in [0.15, 0.2) is 6.61 Å². The highest BCUT2D eigenvalue weighted by atomic mass is 79.9. The molecule has 0 saturated carbocycles. The average molecular weight is 457 g/mol. The molecule has 0 spiro atoms. The molecule has 1 amide bonds. The summed E-state index contributed by atoms with van der Waals surface area (Å²) in [5.41, 5.74) is 1.84. The first-order valence-electron chi connectivity index (χ1n) is 7.38. The molecule has 0 aliphatic rings. The number of aromatic hydroxyl groups is 1. The smallest absolute Gasteiger partial charge is 0.262 e. The van der Waals surface area contributed by atoms with Crippen LogP contribution in [0.2, 0.25) is 0 Å². The molecule has 6 heteroatoms. The molecule has 0 aliphatic carbocycles. The van der Waals surface area contributed by atoms with Gasteiger partial charge in [0.2, 0.25) is 0 Å². The number of nitrogens with one attached hydrogen (secondary N) is 1. The van der Waals surface area contributed by atoms with Crippen LogP contribution in [0.4, 0.5) is 5.69 Å². The maximum atomic E-state index is 12.0. The second-order valence-electron chi connectivity index (χ2n) is 6.40. The largest absolute Gasteiger partial charge is 0.506 e. The van der Waals surface area contributed by atoms with Gasteiger partial charge in [-0.15, -0.1) is 0 Å². The topological polar surface area (TPSA) is 58.6 Å². The minimum atomic E-state index is -0.278. The summed E-state index contributed by atoms with van der Waals surface area (Å²) < 4.78 is 6.49. The van der Waals surface area contributed by atoms with Crippen LogP contribution in [0, 0.1) is 0 Å². The quantitative estimate of drug-likeness (QED) is 0.619. The van der Waals surface area contributed by atoms with Gasteiger partial charge in [0.1, 0.15) is 11.5 Å². The third-order valence-electron chi connectivity index (χ3n) is 3.39. The fourth-order valence-corrected chi connectivity index (χ4v) is 3.22. The van der Waals surface area contributed by atoms with Crippen molar-refractivity contribution in [3.05, 3.63) is 50.9 Å². The van der Waals surface area contributed by atoms with Crippen LogP contribution in [0.5, 0.6) is 11.5 Å². The Morgan fingerprint density at radius 1 is 1.12 bits per heavy atom. The lowest BCUT2D eigenvalue weighted by atomic mass is 9.87. The van der Waals surface area contributed by atoms with Crippen LogP contribution in [0.3, 0.4) is 0 Å². The molecule has 0 heterocycles. The summed E-state index contributed by atoms with van der Waals surface area (Å²) in [4.78, 5) is 12.0. The number of carbonyl (C=O) groups is 1. The number of benzene rings is 2. The van der Waals surface area contributed by atoms with E-state index in [9.17, 15) is 9.90 Å². The summed E-state index contributed by atoms with van der Waals surface area (Å²) in [5, 5.41) is 12.4. The second kappa shape index (κ2) is 7.57. The first-order chi connectivity index (χ1) is 11.2. The Morgan fingerprint density at radius 2 is 1.67 bits per heavy atom. The zero-order valence-electron chi connectivity index (χ0n) is 13.7. The molecule has 2 aromatic rings. The first-order valence-corrected chi connectivity index (χ1v) is 8.96. The third kappa shape index (κ3) is 4.98. The van der Waals surface area contributed by atoms with Crippen molar-refractivity contribution in [2.24, 2.45) is 0 Å². The number of carbonyl (C=O) groups excluding carboxylic acids is 1. The van der Waals surface area contributed by atoms with Gasteiger partial charge in [-0.1, -0.05) is 32.9 Å². The standard InChI is InChI=1S/C18H19Br2NO3/c1-18(2,3)11-4-6-13(7-5-11)24-10-16(22)21-12-8-14(19)17(23)15(20)9-12/h4-9,23H,10H2,1-3H3,(H,21,22). The fraction of sp³-hybridized carbons (Fsp3) is 0.278. The zero-order chi connectivity index (χ0) is 17.9. The molecule has 2 N–H and O–H groups in total. The van der Waals surface area contributed by atoms with Crippen molar-refractivity contribution in [1.82, 2.24) is 0 Å². The summed E-state index contributed by atoms with van der Waals surface area (Å²) in [5.74, 6) is 0.453. The van der Waals surface area contributed by atoms with Crippen LogP contribution in [-0.4, -0.2) is 17.6 Å². The summed E-state index contributed by atoms with van der Waals surface area (Å²) in [6.45, 7) is 6.34. The monoisotopic (exact) mass is 455 g/mol. The number of amides is 1. The van der Waals surface area contributed by atoms with E-state index < -0.39 is 0 Å². The Hall–Kier alpha value is -1.53. The number of ether oxygens (including phenoxy) is 1. The Bertz CT molecular complexity index is 714. The molecular weight excluding hydrogens is 438 g/mol. The van der Waals surface area contributed by atoms with Crippen LogP contribution >= 0.6 is 31.9 Å². The van der Waals surface area contributed by atoms with Gasteiger partial charge in [0.25, 0.3) is 5.91 Å². The molecule has 2 rings (SSSR count). The van der Waals surface area contributed by atoms with Crippen molar-refractivity contribution < 1.29 is 14.6 Å². The Morgan fingerprint density at radius 3 is 2.17 bits per heavy atom. The Balaban J connectivity index is 1.94. The number of hydrogen-bond acceptors (Lipinski definition) is 3. The molecule has 4 nitrogen and oxygen atoms in total. The lowest BCUT2D eigenvalue weighted by Gasteiger charge is -2.19. The van der Waals surface area contributed by atoms with Gasteiger partial charge in [-0.3, -0.25) is 4.79 Å². The second-order valence-corrected chi connectivity index (χ2v) is 8.11. The highest BCUT2D eigenvalue weighted by Gasteiger charge is 2.13. The fourth-order valence-electron chi connectivity index (χ4n) is 2.03. The zero-order valence-corrected chi connectivity index (χ0v) is 16.9. The number of anilines is 1. The van der Waals surface area contributed by atoms with E-state index in [1.807, 2.05) is 24.3 Å². The van der Waals surface area contributed by atoms with E-state index in [0.29, 0.717) is 20.4 Å². The minimum Gasteiger partial charge on any atom is -0.506 e. The van der Waals surface area contributed by atoms with Crippen LogP contribution in [0.25, 0.3) is 0 Å². The predicted octanol–water partition coefficient (Wildman–Crippen LogP) is 5.23. The minimum absolute atomic E-state index is 0.0789. The van der Waals surface area contributed by atoms with Crippen LogP contribution in [0.15, 0.2) is 45.3 Å². The summed E-state index contributed by atoms with van der Waals surface area (Å²) in [6, 6.07) is 11.0. The van der Waals surface area contributed by atoms with Gasteiger partial charge in [-0.05, 0) is 67.1 Å². The lowest BCUT2D eigenvalue weighted by molar-refractivity contribution is -0.118. The van der Waals surface area contributed by atoms with Gasteiger partial charge >= 0.3 is 0 Å². The van der Waals surface area contributed by atoms with Crippen molar-refractivity contribution in [3.63, 3.8) is 0 Å². The van der Waals surface area contributed by atoms with E-state index in [1.54, 1.807) is 12.1 Å². The lowest BCUT2D eigenvalue weighted by Crippen LogP contribution is -2.20. The first kappa shape index (κ1) is 18.8. The van der Waals surface area contributed by atoms with Crippen molar-refractivity contribution >= 4 is 43.5 Å². The number of hydrogen-bond donors (Lipinski definition) is 2. The molecule has 0 fully saturated rings. The van der Waals surface area contributed by atoms with E-state index in [2.05, 4.69) is 57.9 Å². The van der Waals surface area contributed by atoms with E-state index in [0.717, 1.165) is 0 Å². The summed E-state index contributed by atoms with van der Waals surface area (Å²) in [7, 11) is 0. The predicted molar refractivity (Wildman–Crippen MR) is 103 cm³/mol. The molecule has 0 aliphatic heterocycles. The number of rotatable bonds is 4. The third-order valence-corrected chi connectivity index (χ3v) is 4.60. The van der Waals surface area contributed by atoms with Crippen LogP contribution < -0.4 is 10.1 Å². The van der Waals surface area contributed by atoms with E-state index in [1.165, 1.54) is 5.56 Å². The van der Waals surface area contributed by atoms with Gasteiger partial charge in [0, 0.05) is 5.69 Å². The Kier molecular flexibility index (Phi) is 5.93. The van der Waals surface area contributed by atoms with E-state index in [4.69, 9.17) is 4.74 Å². The molecule has 24 heavy (non-hydrogen) atoms. The van der Waals surface area contributed by atoms with Crippen LogP contribution in [-0.2, 0) is 10.2 Å². The molecule has 0 unspecified atom stereocenters. The van der Waals surface area contributed by atoms with Gasteiger partial charge < -0.3 is 15.2 Å². The van der Waals surface area contributed by atoms with Crippen molar-refractivity contribution in [2.75, 3.05) is 11.9 Å². The molecule has 0 saturated heterocycles. The highest BCUT2D eigenvalue weighted by Crippen LogP contribution is 2.35. The number of phenolic OH excluding ortho intramolecular Hbond substituents is 1. The molecule has 0 atom stereocenters. The SMILES string of the molecule is CC(C)(C)c1ccc(OCC(=O)Nc2cc(Br)c(O)c(Br)c2)cc1. The summed E-state index contributed by atoms with van der Waals surface area (Å²) in [6.07, 6.45) is 0. The van der Waals surface area contributed by atoms with Crippen LogP contribution in [0.1, 0.15) is 26.3 Å². The van der Waals surface area contributed by atoms with Crippen molar-refractivity contribution in [1.29, 1.82) is 0 Å². The Labute approximate surface area is 158 Å². The van der Waals surface area contributed by atoms with Gasteiger partial charge in [-0.25, -0.2) is 0 Å².